The normalized spacial score (nSPS) is 15.5. The third-order valence-corrected chi connectivity index (χ3v) is 8.94. The largest absolute Gasteiger partial charge is 0.379 e. The Hall–Kier alpha value is -2.31. The monoisotopic (exact) mass is 495 g/mol. The molecule has 1 N–H and O–H groups in total. The minimum Gasteiger partial charge on any atom is -0.379 e. The molecular weight excluding hydrogens is 466 g/mol. The first kappa shape index (κ1) is 25.3. The fourth-order valence-corrected chi connectivity index (χ4v) is 6.30. The molecule has 1 aliphatic heterocycles. The maximum atomic E-state index is 13.0. The summed E-state index contributed by atoms with van der Waals surface area (Å²) in [5, 5.41) is 2.64. The van der Waals surface area contributed by atoms with E-state index < -0.39 is 26.0 Å². The van der Waals surface area contributed by atoms with Crippen LogP contribution in [-0.2, 0) is 29.6 Å². The summed E-state index contributed by atoms with van der Waals surface area (Å²) in [5.74, 6) is -0.550. The molecule has 9 nitrogen and oxygen atoms in total. The molecule has 0 spiro atoms. The molecule has 1 heterocycles. The molecule has 1 saturated heterocycles. The van der Waals surface area contributed by atoms with E-state index in [1.54, 1.807) is 30.3 Å². The second kappa shape index (κ2) is 11.2. The van der Waals surface area contributed by atoms with Crippen LogP contribution in [0, 0.1) is 0 Å². The molecule has 0 saturated carbocycles. The molecule has 11 heteroatoms. The number of hydrogen-bond acceptors (Lipinski definition) is 6. The molecule has 2 aromatic carbocycles. The number of carbonyl (C=O) groups excluding carboxylic acids is 1. The smallest absolute Gasteiger partial charge is 0.243 e. The van der Waals surface area contributed by atoms with Gasteiger partial charge in [0.25, 0.3) is 0 Å². The Morgan fingerprint density at radius 2 is 1.67 bits per heavy atom. The second-order valence-corrected chi connectivity index (χ2v) is 11.5. The van der Waals surface area contributed by atoms with Crippen molar-refractivity contribution in [1.82, 2.24) is 8.61 Å². The van der Waals surface area contributed by atoms with Crippen LogP contribution in [0.4, 0.5) is 5.69 Å². The summed E-state index contributed by atoms with van der Waals surface area (Å²) in [6.45, 7) is 2.96. The van der Waals surface area contributed by atoms with Crippen molar-refractivity contribution in [2.75, 3.05) is 44.7 Å². The van der Waals surface area contributed by atoms with Gasteiger partial charge in [-0.05, 0) is 36.8 Å². The molecule has 2 aromatic rings. The van der Waals surface area contributed by atoms with E-state index in [4.69, 9.17) is 4.74 Å². The topological polar surface area (TPSA) is 113 Å². The van der Waals surface area contributed by atoms with Crippen molar-refractivity contribution in [2.45, 2.75) is 29.6 Å². The van der Waals surface area contributed by atoms with Crippen LogP contribution in [0.25, 0.3) is 0 Å². The molecule has 33 heavy (non-hydrogen) atoms. The molecule has 1 fully saturated rings. The summed E-state index contributed by atoms with van der Waals surface area (Å²) >= 11 is 0. The van der Waals surface area contributed by atoms with E-state index >= 15 is 0 Å². The van der Waals surface area contributed by atoms with E-state index in [0.717, 1.165) is 10.7 Å². The SMILES string of the molecule is CCCCN(CC(=O)Nc1cccc(S(=O)(=O)N2CCOCC2)c1)S(=O)(=O)c1ccccc1. The Morgan fingerprint density at radius 1 is 1.00 bits per heavy atom. The molecule has 1 aliphatic rings. The van der Waals surface area contributed by atoms with Crippen molar-refractivity contribution in [1.29, 1.82) is 0 Å². The maximum Gasteiger partial charge on any atom is 0.243 e. The fourth-order valence-electron chi connectivity index (χ4n) is 3.39. The third kappa shape index (κ3) is 6.39. The van der Waals surface area contributed by atoms with Gasteiger partial charge in [0, 0.05) is 25.3 Å². The predicted molar refractivity (Wildman–Crippen MR) is 125 cm³/mol. The van der Waals surface area contributed by atoms with E-state index in [0.29, 0.717) is 19.6 Å². The van der Waals surface area contributed by atoms with Crippen molar-refractivity contribution in [3.63, 3.8) is 0 Å². The van der Waals surface area contributed by atoms with Gasteiger partial charge in [-0.2, -0.15) is 8.61 Å². The number of unbranched alkanes of at least 4 members (excludes halogenated alkanes) is 1. The number of rotatable bonds is 10. The average Bonchev–Trinajstić information content (AvgIpc) is 2.83. The summed E-state index contributed by atoms with van der Waals surface area (Å²) in [6.07, 6.45) is 1.37. The molecule has 0 atom stereocenters. The zero-order valence-electron chi connectivity index (χ0n) is 18.5. The first-order valence-electron chi connectivity index (χ1n) is 10.8. The molecule has 0 aromatic heterocycles. The van der Waals surface area contributed by atoms with Gasteiger partial charge < -0.3 is 10.1 Å². The average molecular weight is 496 g/mol. The highest BCUT2D eigenvalue weighted by molar-refractivity contribution is 7.89. The highest BCUT2D eigenvalue weighted by atomic mass is 32.2. The summed E-state index contributed by atoms with van der Waals surface area (Å²) < 4.78 is 59.5. The lowest BCUT2D eigenvalue weighted by atomic mass is 10.3. The zero-order valence-corrected chi connectivity index (χ0v) is 20.1. The van der Waals surface area contributed by atoms with Crippen LogP contribution in [0.1, 0.15) is 19.8 Å². The highest BCUT2D eigenvalue weighted by Gasteiger charge is 2.28. The molecule has 3 rings (SSSR count). The van der Waals surface area contributed by atoms with Gasteiger partial charge >= 0.3 is 0 Å². The quantitative estimate of drug-likeness (QED) is 0.540. The van der Waals surface area contributed by atoms with Crippen molar-refractivity contribution >= 4 is 31.6 Å². The van der Waals surface area contributed by atoms with Crippen molar-refractivity contribution in [3.05, 3.63) is 54.6 Å². The number of carbonyl (C=O) groups is 1. The summed E-state index contributed by atoms with van der Waals surface area (Å²) in [7, 11) is -7.57. The van der Waals surface area contributed by atoms with Crippen molar-refractivity contribution in [3.8, 4) is 0 Å². The van der Waals surface area contributed by atoms with Gasteiger partial charge in [-0.1, -0.05) is 37.6 Å². The summed E-state index contributed by atoms with van der Waals surface area (Å²) in [5.41, 5.74) is 0.280. The number of hydrogen-bond donors (Lipinski definition) is 1. The number of sulfonamides is 2. The van der Waals surface area contributed by atoms with Gasteiger partial charge in [-0.25, -0.2) is 16.8 Å². The summed E-state index contributed by atoms with van der Waals surface area (Å²) in [4.78, 5) is 12.9. The molecule has 0 bridgehead atoms. The Bertz CT molecular complexity index is 1150. The van der Waals surface area contributed by atoms with Gasteiger partial charge in [0.2, 0.25) is 26.0 Å². The standard InChI is InChI=1S/C22H29N3O6S2/c1-2-3-12-25(32(27,28)20-9-5-4-6-10-20)18-22(26)23-19-8-7-11-21(17-19)33(29,30)24-13-15-31-16-14-24/h4-11,17H,2-3,12-16,18H2,1H3,(H,23,26). The Kier molecular flexibility index (Phi) is 8.60. The number of nitrogens with one attached hydrogen (secondary N) is 1. The molecule has 0 unspecified atom stereocenters. The first-order valence-corrected chi connectivity index (χ1v) is 13.7. The number of nitrogens with zero attached hydrogens (tertiary/aromatic N) is 2. The number of amides is 1. The lowest BCUT2D eigenvalue weighted by Gasteiger charge is -2.26. The Labute approximate surface area is 195 Å². The molecule has 0 aliphatic carbocycles. The number of ether oxygens (including phenoxy) is 1. The van der Waals surface area contributed by atoms with Gasteiger partial charge in [-0.3, -0.25) is 4.79 Å². The van der Waals surface area contributed by atoms with Crippen molar-refractivity contribution < 1.29 is 26.4 Å². The van der Waals surface area contributed by atoms with E-state index in [1.807, 2.05) is 6.92 Å². The number of morpholine rings is 1. The van der Waals surface area contributed by atoms with E-state index in [9.17, 15) is 21.6 Å². The van der Waals surface area contributed by atoms with Crippen LogP contribution in [0.5, 0.6) is 0 Å². The van der Waals surface area contributed by atoms with Gasteiger partial charge in [-0.15, -0.1) is 0 Å². The van der Waals surface area contributed by atoms with Crippen LogP contribution in [-0.4, -0.2) is 70.7 Å². The Balaban J connectivity index is 1.75. The van der Waals surface area contributed by atoms with Crippen LogP contribution in [0.2, 0.25) is 0 Å². The summed E-state index contributed by atoms with van der Waals surface area (Å²) in [6, 6.07) is 13.9. The van der Waals surface area contributed by atoms with Crippen LogP contribution >= 0.6 is 0 Å². The molecular formula is C22H29N3O6S2. The molecule has 1 amide bonds. The second-order valence-electron chi connectivity index (χ2n) is 7.60. The van der Waals surface area contributed by atoms with Crippen LogP contribution in [0.15, 0.2) is 64.4 Å². The molecule has 180 valence electrons. The lowest BCUT2D eigenvalue weighted by Crippen LogP contribution is -2.40. The van der Waals surface area contributed by atoms with E-state index in [1.165, 1.54) is 28.6 Å². The Morgan fingerprint density at radius 3 is 2.33 bits per heavy atom. The van der Waals surface area contributed by atoms with E-state index in [2.05, 4.69) is 5.32 Å². The lowest BCUT2D eigenvalue weighted by molar-refractivity contribution is -0.116. The van der Waals surface area contributed by atoms with Gasteiger partial charge in [0.05, 0.1) is 29.5 Å². The minimum absolute atomic E-state index is 0.0574. The van der Waals surface area contributed by atoms with Gasteiger partial charge in [0.1, 0.15) is 0 Å². The van der Waals surface area contributed by atoms with Crippen LogP contribution < -0.4 is 5.32 Å². The predicted octanol–water partition coefficient (Wildman–Crippen LogP) is 2.14. The first-order chi connectivity index (χ1) is 15.7. The highest BCUT2D eigenvalue weighted by Crippen LogP contribution is 2.21. The third-order valence-electron chi connectivity index (χ3n) is 5.19. The van der Waals surface area contributed by atoms with Crippen LogP contribution in [0.3, 0.4) is 0 Å². The molecule has 0 radical (unpaired) electrons. The zero-order chi connectivity index (χ0) is 23.9. The number of benzene rings is 2. The fraction of sp³-hybridized carbons (Fsp3) is 0.409. The van der Waals surface area contributed by atoms with Crippen molar-refractivity contribution in [2.24, 2.45) is 0 Å². The minimum atomic E-state index is -3.85. The van der Waals surface area contributed by atoms with E-state index in [-0.39, 0.29) is 41.7 Å². The van der Waals surface area contributed by atoms with Gasteiger partial charge in [0.15, 0.2) is 0 Å². The number of anilines is 1. The maximum absolute atomic E-state index is 13.0.